The van der Waals surface area contributed by atoms with Crippen molar-refractivity contribution >= 4 is 33.6 Å². The molecule has 0 heterocycles. The first-order valence-electron chi connectivity index (χ1n) is 40.1. The highest BCUT2D eigenvalue weighted by Gasteiger charge is 2.29. The summed E-state index contributed by atoms with van der Waals surface area (Å²) in [5, 5.41) is 20.7. The van der Waals surface area contributed by atoms with Gasteiger partial charge in [0.05, 0.1) is 26.4 Å². The van der Waals surface area contributed by atoms with Gasteiger partial charge in [-0.25, -0.2) is 9.13 Å². The second-order valence-corrected chi connectivity index (χ2v) is 29.0. The summed E-state index contributed by atoms with van der Waals surface area (Å²) < 4.78 is 61.2. The monoisotopic (exact) mass is 1500 g/mol. The number of carbonyl (C=O) groups excluding carboxylic acids is 3. The van der Waals surface area contributed by atoms with Crippen LogP contribution in [0.1, 0.15) is 290 Å². The van der Waals surface area contributed by atoms with Gasteiger partial charge in [0.2, 0.25) is 0 Å². The van der Waals surface area contributed by atoms with E-state index in [1.54, 1.807) is 0 Å². The summed E-state index contributed by atoms with van der Waals surface area (Å²) >= 11 is 0. The first kappa shape index (κ1) is 99.7. The fraction of sp³-hybridized carbons (Fsp3) is 0.621. The van der Waals surface area contributed by atoms with Crippen LogP contribution in [-0.4, -0.2) is 95.9 Å². The van der Waals surface area contributed by atoms with Gasteiger partial charge in [-0.15, -0.1) is 0 Å². The van der Waals surface area contributed by atoms with Gasteiger partial charge in [0.15, 0.2) is 6.10 Å². The quantitative estimate of drug-likeness (QED) is 0.0146. The number of hydrogen-bond donors (Lipinski definition) is 4. The molecule has 0 aromatic carbocycles. The SMILES string of the molecule is CC/C=C\C/C=C\C/C=C\C/C=C\C/C=C\C/C=C\CCCCCCCCCCC(=O)OCC(O)COP(=O)(O)OCC(O)COP(=O)(O)OCC(COC(=O)CCCCCCCCCCC/C=C\C/C=C\C/C=C\C/C=C\C/C=C\CC)OC(=O)CCCCCC/C=C\C/C=C\C/C=C\C/C=C\CC. The van der Waals surface area contributed by atoms with Crippen molar-refractivity contribution in [1.82, 2.24) is 0 Å². The molecule has 0 aliphatic rings. The molecule has 0 saturated carbocycles. The largest absolute Gasteiger partial charge is 0.472 e. The zero-order valence-corrected chi connectivity index (χ0v) is 66.9. The molecule has 5 unspecified atom stereocenters. The first-order valence-corrected chi connectivity index (χ1v) is 43.1. The van der Waals surface area contributed by atoms with E-state index in [-0.39, 0.29) is 19.3 Å². The average molecular weight is 1510 g/mol. The predicted molar refractivity (Wildman–Crippen MR) is 435 cm³/mol. The molecule has 0 fully saturated rings. The van der Waals surface area contributed by atoms with E-state index in [2.05, 4.69) is 203 Å². The van der Waals surface area contributed by atoms with Crippen molar-refractivity contribution in [3.63, 3.8) is 0 Å². The second kappa shape index (κ2) is 78.2. The molecular formula is C87H142O16P2. The third-order valence-electron chi connectivity index (χ3n) is 16.1. The lowest BCUT2D eigenvalue weighted by Gasteiger charge is -2.21. The summed E-state index contributed by atoms with van der Waals surface area (Å²) in [6, 6.07) is 0. The van der Waals surface area contributed by atoms with Crippen LogP contribution in [0.25, 0.3) is 0 Å². The smallest absolute Gasteiger partial charge is 0.463 e. The minimum absolute atomic E-state index is 0.0686. The van der Waals surface area contributed by atoms with E-state index in [1.807, 2.05) is 0 Å². The molecule has 0 aliphatic carbocycles. The van der Waals surface area contributed by atoms with Crippen molar-refractivity contribution in [2.75, 3.05) is 39.6 Å². The highest BCUT2D eigenvalue weighted by molar-refractivity contribution is 7.47. The number of esters is 3. The van der Waals surface area contributed by atoms with Crippen molar-refractivity contribution in [2.24, 2.45) is 0 Å². The van der Waals surface area contributed by atoms with Crippen LogP contribution in [0.15, 0.2) is 182 Å². The Morgan fingerprint density at radius 2 is 0.476 bits per heavy atom. The van der Waals surface area contributed by atoms with Crippen molar-refractivity contribution < 1.29 is 75.8 Å². The summed E-state index contributed by atoms with van der Waals surface area (Å²) in [6.07, 6.45) is 101. The number of phosphoric ester groups is 2. The van der Waals surface area contributed by atoms with Gasteiger partial charge < -0.3 is 34.2 Å². The molecule has 0 rings (SSSR count). The lowest BCUT2D eigenvalue weighted by atomic mass is 10.1. The average Bonchev–Trinajstić information content (AvgIpc) is 0.911. The Balaban J connectivity index is 4.66. The van der Waals surface area contributed by atoms with Crippen LogP contribution >= 0.6 is 15.6 Å². The zero-order chi connectivity index (χ0) is 76.6. The Morgan fingerprint density at radius 3 is 0.752 bits per heavy atom. The topological polar surface area (TPSA) is 231 Å². The fourth-order valence-electron chi connectivity index (χ4n) is 10.1. The van der Waals surface area contributed by atoms with E-state index in [0.717, 1.165) is 186 Å². The molecule has 596 valence electrons. The highest BCUT2D eigenvalue weighted by Crippen LogP contribution is 2.45. The Morgan fingerprint density at radius 1 is 0.267 bits per heavy atom. The van der Waals surface area contributed by atoms with Gasteiger partial charge in [-0.1, -0.05) is 299 Å². The van der Waals surface area contributed by atoms with Gasteiger partial charge >= 0.3 is 33.6 Å². The van der Waals surface area contributed by atoms with E-state index in [1.165, 1.54) is 44.9 Å². The van der Waals surface area contributed by atoms with Gasteiger partial charge in [-0.2, -0.15) is 0 Å². The molecule has 0 spiro atoms. The fourth-order valence-corrected chi connectivity index (χ4v) is 11.7. The van der Waals surface area contributed by atoms with Crippen molar-refractivity contribution in [3.8, 4) is 0 Å². The van der Waals surface area contributed by atoms with Gasteiger partial charge in [0.1, 0.15) is 25.4 Å². The van der Waals surface area contributed by atoms with Crippen LogP contribution in [0, 0.1) is 0 Å². The number of ether oxygens (including phenoxy) is 3. The predicted octanol–water partition coefficient (Wildman–Crippen LogP) is 23.8. The number of aliphatic hydroxyl groups is 2. The molecule has 4 N–H and O–H groups in total. The molecule has 0 radical (unpaired) electrons. The molecule has 5 atom stereocenters. The molecule has 0 aromatic heterocycles. The summed E-state index contributed by atoms with van der Waals surface area (Å²) in [5.41, 5.74) is 0. The van der Waals surface area contributed by atoms with Crippen LogP contribution < -0.4 is 0 Å². The van der Waals surface area contributed by atoms with Crippen molar-refractivity contribution in [1.29, 1.82) is 0 Å². The molecule has 105 heavy (non-hydrogen) atoms. The van der Waals surface area contributed by atoms with Crippen molar-refractivity contribution in [3.05, 3.63) is 182 Å². The summed E-state index contributed by atoms with van der Waals surface area (Å²) in [5.74, 6) is -1.63. The molecule has 16 nitrogen and oxygen atoms in total. The maximum absolute atomic E-state index is 13.0. The van der Waals surface area contributed by atoms with Crippen LogP contribution in [0.4, 0.5) is 0 Å². The van der Waals surface area contributed by atoms with E-state index < -0.39 is 91.5 Å². The maximum Gasteiger partial charge on any atom is 0.472 e. The molecular weight excluding hydrogens is 1360 g/mol. The number of unbranched alkanes of at least 4 members (excludes halogenated alkanes) is 21. The molecule has 0 aliphatic heterocycles. The van der Waals surface area contributed by atoms with Crippen LogP contribution in [0.3, 0.4) is 0 Å². The third kappa shape index (κ3) is 79.5. The van der Waals surface area contributed by atoms with E-state index in [4.69, 9.17) is 32.3 Å². The molecule has 0 aromatic rings. The Hall–Kier alpha value is -5.35. The van der Waals surface area contributed by atoms with Gasteiger partial charge in [0.25, 0.3) is 0 Å². The lowest BCUT2D eigenvalue weighted by molar-refractivity contribution is -0.161. The third-order valence-corrected chi connectivity index (χ3v) is 18.0. The molecule has 0 saturated heterocycles. The number of rotatable bonds is 74. The number of aliphatic hydroxyl groups excluding tert-OH is 2. The second-order valence-electron chi connectivity index (χ2n) is 26.1. The van der Waals surface area contributed by atoms with E-state index >= 15 is 0 Å². The maximum atomic E-state index is 13.0. The Bertz CT molecular complexity index is 2640. The number of allylic oxidation sites excluding steroid dienone is 30. The summed E-state index contributed by atoms with van der Waals surface area (Å²) in [7, 11) is -9.82. The van der Waals surface area contributed by atoms with Gasteiger partial charge in [0, 0.05) is 19.3 Å². The summed E-state index contributed by atoms with van der Waals surface area (Å²) in [4.78, 5) is 58.7. The highest BCUT2D eigenvalue weighted by atomic mass is 31.2. The zero-order valence-electron chi connectivity index (χ0n) is 65.1. The van der Waals surface area contributed by atoms with Crippen LogP contribution in [0.5, 0.6) is 0 Å². The van der Waals surface area contributed by atoms with E-state index in [0.29, 0.717) is 19.3 Å². The number of carbonyl (C=O) groups is 3. The molecule has 0 bridgehead atoms. The Labute approximate surface area is 636 Å². The van der Waals surface area contributed by atoms with E-state index in [9.17, 15) is 43.5 Å². The summed E-state index contributed by atoms with van der Waals surface area (Å²) in [6.45, 7) is 2.28. The number of phosphoric acid groups is 2. The molecule has 18 heteroatoms. The first-order chi connectivity index (χ1) is 51.2. The minimum Gasteiger partial charge on any atom is -0.463 e. The normalized spacial score (nSPS) is 14.9. The van der Waals surface area contributed by atoms with Gasteiger partial charge in [-0.3, -0.25) is 32.5 Å². The van der Waals surface area contributed by atoms with Gasteiger partial charge in [-0.05, 0) is 154 Å². The Kier molecular flexibility index (Phi) is 74.3. The number of hydrogen-bond acceptors (Lipinski definition) is 14. The van der Waals surface area contributed by atoms with Crippen LogP contribution in [0.2, 0.25) is 0 Å². The standard InChI is InChI=1S/C87H142O16P2/c1-4-7-10-13-16-19-22-25-28-31-33-35-37-39-40-42-44-45-47-50-52-55-58-61-64-67-70-73-85(90)97-76-82(88)77-99-104(93,94)100-78-83(89)79-101-105(95,96)102-81-84(103-87(92)75-72-69-66-63-60-57-54-49-30-27-24-21-18-15-12-9-6-3)80-98-86(91)74-71-68-65-62-59-56-53-51-48-46-43-41-38-36-34-32-29-26-23-20-17-14-11-8-5-2/h7-12,16-21,25-30,33-36,39-41,43-45,54,57,82-84,88-89H,4-6,13-15,22-24,31-32,37-38,42,46-53,55-56,58-81H2,1-3H3,(H,93,94)(H,95,96)/b10-7-,11-8-,12-9-,19-16-,20-17-,21-18-,28-25-,29-26-,30-27-,35-33-,36-34-,40-39-,43-41-,45-44-,57-54-. The van der Waals surface area contributed by atoms with Crippen molar-refractivity contribution in [2.45, 2.75) is 309 Å². The minimum atomic E-state index is -4.95. The van der Waals surface area contributed by atoms with Crippen LogP contribution in [-0.2, 0) is 55.8 Å². The molecule has 0 amide bonds. The lowest BCUT2D eigenvalue weighted by Crippen LogP contribution is -2.30.